The van der Waals surface area contributed by atoms with Crippen molar-refractivity contribution in [3.8, 4) is 0 Å². The van der Waals surface area contributed by atoms with Gasteiger partial charge in [-0.1, -0.05) is 48.0 Å². The SMILES string of the molecule is Nc1ccc(CN(CCO)Cc2ccccc2)c(Cl)c1. The van der Waals surface area contributed by atoms with Gasteiger partial charge < -0.3 is 10.8 Å². The van der Waals surface area contributed by atoms with Crippen LogP contribution in [0.15, 0.2) is 48.5 Å². The Labute approximate surface area is 124 Å². The Balaban J connectivity index is 2.09. The van der Waals surface area contributed by atoms with Crippen LogP contribution in [0.5, 0.6) is 0 Å². The summed E-state index contributed by atoms with van der Waals surface area (Å²) in [6.45, 7) is 2.20. The second kappa shape index (κ2) is 7.29. The highest BCUT2D eigenvalue weighted by Gasteiger charge is 2.09. The summed E-state index contributed by atoms with van der Waals surface area (Å²) in [6.07, 6.45) is 0. The van der Waals surface area contributed by atoms with Gasteiger partial charge in [0.1, 0.15) is 0 Å². The first-order valence-corrected chi connectivity index (χ1v) is 6.98. The molecule has 0 amide bonds. The summed E-state index contributed by atoms with van der Waals surface area (Å²) in [7, 11) is 0. The molecule has 2 rings (SSSR count). The fraction of sp³-hybridized carbons (Fsp3) is 0.250. The van der Waals surface area contributed by atoms with Crippen LogP contribution in [0.4, 0.5) is 5.69 Å². The third-order valence-corrected chi connectivity index (χ3v) is 3.49. The van der Waals surface area contributed by atoms with Crippen LogP contribution in [0.3, 0.4) is 0 Å². The number of halogens is 1. The Bertz CT molecular complexity index is 545. The lowest BCUT2D eigenvalue weighted by molar-refractivity contribution is 0.184. The van der Waals surface area contributed by atoms with Gasteiger partial charge in [0, 0.05) is 30.3 Å². The van der Waals surface area contributed by atoms with E-state index in [0.29, 0.717) is 23.8 Å². The van der Waals surface area contributed by atoms with Gasteiger partial charge in [0.05, 0.1) is 6.61 Å². The molecular weight excluding hydrogens is 272 g/mol. The zero-order valence-corrected chi connectivity index (χ0v) is 12.1. The van der Waals surface area contributed by atoms with Gasteiger partial charge in [0.25, 0.3) is 0 Å². The van der Waals surface area contributed by atoms with E-state index in [9.17, 15) is 5.11 Å². The second-order valence-corrected chi connectivity index (χ2v) is 5.18. The van der Waals surface area contributed by atoms with Crippen LogP contribution in [-0.2, 0) is 13.1 Å². The van der Waals surface area contributed by atoms with E-state index in [0.717, 1.165) is 12.1 Å². The van der Waals surface area contributed by atoms with Crippen molar-refractivity contribution in [2.75, 3.05) is 18.9 Å². The van der Waals surface area contributed by atoms with Gasteiger partial charge in [-0.15, -0.1) is 0 Å². The Morgan fingerprint density at radius 3 is 2.45 bits per heavy atom. The largest absolute Gasteiger partial charge is 0.399 e. The lowest BCUT2D eigenvalue weighted by atomic mass is 10.1. The molecule has 0 aliphatic carbocycles. The van der Waals surface area contributed by atoms with Crippen molar-refractivity contribution in [1.29, 1.82) is 0 Å². The predicted octanol–water partition coefficient (Wildman–Crippen LogP) is 2.92. The molecule has 0 atom stereocenters. The number of anilines is 1. The molecule has 20 heavy (non-hydrogen) atoms. The normalized spacial score (nSPS) is 10.9. The van der Waals surface area contributed by atoms with Crippen LogP contribution in [-0.4, -0.2) is 23.2 Å². The van der Waals surface area contributed by atoms with E-state index in [1.165, 1.54) is 5.56 Å². The van der Waals surface area contributed by atoms with E-state index in [1.807, 2.05) is 30.3 Å². The molecule has 0 spiro atoms. The molecule has 0 saturated heterocycles. The van der Waals surface area contributed by atoms with Crippen molar-refractivity contribution in [3.63, 3.8) is 0 Å². The highest BCUT2D eigenvalue weighted by molar-refractivity contribution is 6.31. The molecule has 0 heterocycles. The third-order valence-electron chi connectivity index (χ3n) is 3.14. The number of nitrogen functional groups attached to an aromatic ring is 1. The maximum atomic E-state index is 9.21. The number of nitrogens with two attached hydrogens (primary N) is 1. The van der Waals surface area contributed by atoms with E-state index in [-0.39, 0.29) is 6.61 Å². The van der Waals surface area contributed by atoms with E-state index >= 15 is 0 Å². The minimum atomic E-state index is 0.124. The topological polar surface area (TPSA) is 49.5 Å². The fourth-order valence-corrected chi connectivity index (χ4v) is 2.38. The average molecular weight is 291 g/mol. The number of aliphatic hydroxyl groups excluding tert-OH is 1. The highest BCUT2D eigenvalue weighted by atomic mass is 35.5. The van der Waals surface area contributed by atoms with Crippen LogP contribution in [0, 0.1) is 0 Å². The van der Waals surface area contributed by atoms with E-state index in [2.05, 4.69) is 17.0 Å². The zero-order chi connectivity index (χ0) is 14.4. The van der Waals surface area contributed by atoms with Gasteiger partial charge in [0.15, 0.2) is 0 Å². The average Bonchev–Trinajstić information content (AvgIpc) is 2.43. The summed E-state index contributed by atoms with van der Waals surface area (Å²) in [5.41, 5.74) is 8.60. The summed E-state index contributed by atoms with van der Waals surface area (Å²) in [5.74, 6) is 0. The quantitative estimate of drug-likeness (QED) is 0.804. The van der Waals surface area contributed by atoms with Crippen LogP contribution >= 0.6 is 11.6 Å². The number of rotatable bonds is 6. The zero-order valence-electron chi connectivity index (χ0n) is 11.3. The summed E-state index contributed by atoms with van der Waals surface area (Å²) >= 11 is 6.21. The molecule has 0 aromatic heterocycles. The predicted molar refractivity (Wildman–Crippen MR) is 83.5 cm³/mol. The minimum Gasteiger partial charge on any atom is -0.399 e. The van der Waals surface area contributed by atoms with Gasteiger partial charge in [0.2, 0.25) is 0 Å². The summed E-state index contributed by atoms with van der Waals surface area (Å²) in [5, 5.41) is 9.88. The molecule has 0 aliphatic heterocycles. The summed E-state index contributed by atoms with van der Waals surface area (Å²) in [4.78, 5) is 2.16. The molecule has 0 bridgehead atoms. The van der Waals surface area contributed by atoms with Crippen LogP contribution in [0.25, 0.3) is 0 Å². The molecule has 2 aromatic carbocycles. The maximum Gasteiger partial charge on any atom is 0.0558 e. The molecule has 0 unspecified atom stereocenters. The summed E-state index contributed by atoms with van der Waals surface area (Å²) < 4.78 is 0. The van der Waals surface area contributed by atoms with Crippen molar-refractivity contribution in [3.05, 3.63) is 64.7 Å². The highest BCUT2D eigenvalue weighted by Crippen LogP contribution is 2.21. The molecule has 2 aromatic rings. The Kier molecular flexibility index (Phi) is 5.41. The second-order valence-electron chi connectivity index (χ2n) is 4.77. The van der Waals surface area contributed by atoms with Gasteiger partial charge >= 0.3 is 0 Å². The first kappa shape index (κ1) is 14.9. The summed E-state index contributed by atoms with van der Waals surface area (Å²) in [6, 6.07) is 15.7. The van der Waals surface area contributed by atoms with Crippen molar-refractivity contribution < 1.29 is 5.11 Å². The first-order chi connectivity index (χ1) is 9.69. The number of nitrogens with zero attached hydrogens (tertiary/aromatic N) is 1. The smallest absolute Gasteiger partial charge is 0.0558 e. The fourth-order valence-electron chi connectivity index (χ4n) is 2.13. The number of benzene rings is 2. The lowest BCUT2D eigenvalue weighted by Crippen LogP contribution is -2.26. The standard InChI is InChI=1S/C16H19ClN2O/c17-16-10-15(18)7-6-14(16)12-19(8-9-20)11-13-4-2-1-3-5-13/h1-7,10,20H,8-9,11-12,18H2. The first-order valence-electron chi connectivity index (χ1n) is 6.60. The molecule has 4 heteroatoms. The van der Waals surface area contributed by atoms with Gasteiger partial charge in [-0.2, -0.15) is 0 Å². The molecule has 0 radical (unpaired) electrons. The van der Waals surface area contributed by atoms with E-state index in [1.54, 1.807) is 6.07 Å². The van der Waals surface area contributed by atoms with Crippen molar-refractivity contribution in [2.24, 2.45) is 0 Å². The van der Waals surface area contributed by atoms with E-state index < -0.39 is 0 Å². The molecule has 0 fully saturated rings. The molecule has 0 saturated carbocycles. The molecule has 3 nitrogen and oxygen atoms in total. The molecular formula is C16H19ClN2O. The van der Waals surface area contributed by atoms with Crippen LogP contribution < -0.4 is 5.73 Å². The Hall–Kier alpha value is -1.55. The lowest BCUT2D eigenvalue weighted by Gasteiger charge is -2.22. The molecule has 0 aliphatic rings. The van der Waals surface area contributed by atoms with Crippen molar-refractivity contribution >= 4 is 17.3 Å². The van der Waals surface area contributed by atoms with Crippen molar-refractivity contribution in [2.45, 2.75) is 13.1 Å². The minimum absolute atomic E-state index is 0.124. The van der Waals surface area contributed by atoms with Gasteiger partial charge in [-0.3, -0.25) is 4.90 Å². The van der Waals surface area contributed by atoms with Crippen LogP contribution in [0.2, 0.25) is 5.02 Å². The van der Waals surface area contributed by atoms with Gasteiger partial charge in [-0.05, 0) is 23.3 Å². The molecule has 3 N–H and O–H groups in total. The van der Waals surface area contributed by atoms with Gasteiger partial charge in [-0.25, -0.2) is 0 Å². The molecule has 106 valence electrons. The number of hydrogen-bond donors (Lipinski definition) is 2. The third kappa shape index (κ3) is 4.23. The van der Waals surface area contributed by atoms with Crippen molar-refractivity contribution in [1.82, 2.24) is 4.90 Å². The van der Waals surface area contributed by atoms with E-state index in [4.69, 9.17) is 17.3 Å². The Morgan fingerprint density at radius 2 is 1.80 bits per heavy atom. The number of hydrogen-bond acceptors (Lipinski definition) is 3. The Morgan fingerprint density at radius 1 is 1.05 bits per heavy atom. The monoisotopic (exact) mass is 290 g/mol. The maximum absolute atomic E-state index is 9.21. The number of aliphatic hydroxyl groups is 1. The van der Waals surface area contributed by atoms with Crippen LogP contribution in [0.1, 0.15) is 11.1 Å².